The second-order valence-corrected chi connectivity index (χ2v) is 8.33. The summed E-state index contributed by atoms with van der Waals surface area (Å²) in [5, 5.41) is 10.9. The average Bonchev–Trinajstić information content (AvgIpc) is 3.27. The number of aryl methyl sites for hydroxylation is 1. The second-order valence-electron chi connectivity index (χ2n) is 8.33. The summed E-state index contributed by atoms with van der Waals surface area (Å²) in [5.41, 5.74) is 3.51. The van der Waals surface area contributed by atoms with Gasteiger partial charge in [-0.05, 0) is 46.1 Å². The van der Waals surface area contributed by atoms with Crippen LogP contribution in [0.5, 0.6) is 0 Å². The number of amides is 1. The van der Waals surface area contributed by atoms with Crippen LogP contribution in [-0.4, -0.2) is 50.2 Å². The Labute approximate surface area is 163 Å². The van der Waals surface area contributed by atoms with Crippen molar-refractivity contribution in [3.63, 3.8) is 0 Å². The Balaban J connectivity index is 1.68. The van der Waals surface area contributed by atoms with Crippen LogP contribution in [0.1, 0.15) is 38.4 Å². The van der Waals surface area contributed by atoms with Crippen molar-refractivity contribution in [2.45, 2.75) is 45.6 Å². The highest BCUT2D eigenvalue weighted by Gasteiger charge is 2.24. The van der Waals surface area contributed by atoms with E-state index in [0.29, 0.717) is 11.5 Å². The van der Waals surface area contributed by atoms with Crippen molar-refractivity contribution in [3.8, 4) is 11.5 Å². The zero-order chi connectivity index (χ0) is 19.9. The van der Waals surface area contributed by atoms with Crippen molar-refractivity contribution in [1.29, 1.82) is 0 Å². The number of nitrogens with one attached hydrogen (secondary N) is 2. The van der Waals surface area contributed by atoms with Crippen molar-refractivity contribution >= 4 is 22.6 Å². The minimum Gasteiger partial charge on any atom is -0.350 e. The first kappa shape index (κ1) is 18.3. The van der Waals surface area contributed by atoms with Crippen molar-refractivity contribution < 1.29 is 4.79 Å². The molecule has 3 heterocycles. The fourth-order valence-corrected chi connectivity index (χ4v) is 3.56. The molecule has 0 fully saturated rings. The first-order valence-electron chi connectivity index (χ1n) is 9.51. The number of H-pyrrole nitrogens is 1. The van der Waals surface area contributed by atoms with Crippen LogP contribution in [0.15, 0.2) is 18.5 Å². The lowest BCUT2D eigenvalue weighted by molar-refractivity contribution is -0.121. The van der Waals surface area contributed by atoms with Crippen molar-refractivity contribution in [3.05, 3.63) is 29.7 Å². The molecule has 1 aliphatic carbocycles. The number of likely N-dealkylation sites (N-methyl/N-ethyl adjacent to an activating group) is 1. The molecular weight excluding hydrogens is 354 g/mol. The first-order valence-corrected chi connectivity index (χ1v) is 9.51. The van der Waals surface area contributed by atoms with Crippen molar-refractivity contribution in [2.24, 2.45) is 0 Å². The van der Waals surface area contributed by atoms with E-state index in [1.807, 2.05) is 38.8 Å². The van der Waals surface area contributed by atoms with Crippen LogP contribution in [0.3, 0.4) is 0 Å². The Morgan fingerprint density at radius 1 is 1.25 bits per heavy atom. The van der Waals surface area contributed by atoms with E-state index < -0.39 is 0 Å². The topological polar surface area (TPSA) is 99.7 Å². The Hall–Kier alpha value is -3.03. The zero-order valence-corrected chi connectivity index (χ0v) is 16.7. The van der Waals surface area contributed by atoms with Gasteiger partial charge in [0.2, 0.25) is 5.91 Å². The summed E-state index contributed by atoms with van der Waals surface area (Å²) < 4.78 is 0. The molecule has 0 unspecified atom stereocenters. The fraction of sp³-hybridized carbons (Fsp3) is 0.450. The van der Waals surface area contributed by atoms with Gasteiger partial charge in [-0.15, -0.1) is 0 Å². The Kier molecular flexibility index (Phi) is 4.49. The number of anilines is 1. The van der Waals surface area contributed by atoms with Gasteiger partial charge in [-0.3, -0.25) is 14.9 Å². The van der Waals surface area contributed by atoms with Crippen LogP contribution in [0.25, 0.3) is 22.4 Å². The molecule has 0 atom stereocenters. The largest absolute Gasteiger partial charge is 0.350 e. The van der Waals surface area contributed by atoms with E-state index in [9.17, 15) is 4.79 Å². The molecule has 0 aromatic carbocycles. The standard InChI is InChI=1S/C20H25N7O/c1-20(2,3)25-17(28)11-27(4)19-13-6-5-7-14(13)23-18(24-19)15-8-12-9-22-26-16(12)10-21-15/h8-10H,5-7,11H2,1-4H3,(H,22,26)(H,25,28). The molecule has 2 N–H and O–H groups in total. The van der Waals surface area contributed by atoms with E-state index in [2.05, 4.69) is 20.5 Å². The molecule has 4 rings (SSSR count). The van der Waals surface area contributed by atoms with Crippen LogP contribution in [0.4, 0.5) is 5.82 Å². The molecule has 1 amide bonds. The highest BCUT2D eigenvalue weighted by molar-refractivity contribution is 5.82. The van der Waals surface area contributed by atoms with Gasteiger partial charge >= 0.3 is 0 Å². The summed E-state index contributed by atoms with van der Waals surface area (Å²) in [6.45, 7) is 6.17. The average molecular weight is 379 g/mol. The number of aromatic nitrogens is 5. The summed E-state index contributed by atoms with van der Waals surface area (Å²) in [4.78, 5) is 28.4. The minimum absolute atomic E-state index is 0.0279. The molecule has 28 heavy (non-hydrogen) atoms. The van der Waals surface area contributed by atoms with E-state index in [4.69, 9.17) is 9.97 Å². The Bertz CT molecular complexity index is 1030. The zero-order valence-electron chi connectivity index (χ0n) is 16.7. The van der Waals surface area contributed by atoms with E-state index in [0.717, 1.165) is 47.2 Å². The van der Waals surface area contributed by atoms with Gasteiger partial charge < -0.3 is 10.2 Å². The summed E-state index contributed by atoms with van der Waals surface area (Å²) in [5.74, 6) is 1.37. The normalized spacial score (nSPS) is 13.6. The molecule has 0 radical (unpaired) electrons. The molecular formula is C20H25N7O. The number of hydrogen-bond donors (Lipinski definition) is 2. The van der Waals surface area contributed by atoms with E-state index in [1.165, 1.54) is 0 Å². The predicted octanol–water partition coefficient (Wildman–Crippen LogP) is 2.25. The number of fused-ring (bicyclic) bond motifs is 2. The van der Waals surface area contributed by atoms with Gasteiger partial charge in [0.25, 0.3) is 0 Å². The molecule has 0 spiro atoms. The van der Waals surface area contributed by atoms with Crippen LogP contribution < -0.4 is 10.2 Å². The molecule has 146 valence electrons. The van der Waals surface area contributed by atoms with E-state index >= 15 is 0 Å². The van der Waals surface area contributed by atoms with Crippen LogP contribution in [0.2, 0.25) is 0 Å². The van der Waals surface area contributed by atoms with Gasteiger partial charge in [-0.25, -0.2) is 9.97 Å². The third-order valence-electron chi connectivity index (χ3n) is 4.72. The number of carbonyl (C=O) groups is 1. The maximum absolute atomic E-state index is 12.4. The number of hydrogen-bond acceptors (Lipinski definition) is 6. The molecule has 0 aliphatic heterocycles. The van der Waals surface area contributed by atoms with Gasteiger partial charge in [0.15, 0.2) is 5.82 Å². The Morgan fingerprint density at radius 3 is 2.86 bits per heavy atom. The third-order valence-corrected chi connectivity index (χ3v) is 4.72. The van der Waals surface area contributed by atoms with Gasteiger partial charge in [0, 0.05) is 29.2 Å². The molecule has 1 aliphatic rings. The minimum atomic E-state index is -0.263. The van der Waals surface area contributed by atoms with Gasteiger partial charge in [-0.1, -0.05) is 0 Å². The first-order chi connectivity index (χ1) is 13.3. The van der Waals surface area contributed by atoms with Crippen LogP contribution in [0, 0.1) is 0 Å². The number of rotatable bonds is 4. The third kappa shape index (κ3) is 3.67. The van der Waals surface area contributed by atoms with Crippen molar-refractivity contribution in [1.82, 2.24) is 30.5 Å². The summed E-state index contributed by atoms with van der Waals surface area (Å²) in [7, 11) is 1.90. The number of carbonyl (C=O) groups excluding carboxylic acids is 1. The van der Waals surface area contributed by atoms with Crippen molar-refractivity contribution in [2.75, 3.05) is 18.5 Å². The molecule has 0 saturated heterocycles. The van der Waals surface area contributed by atoms with Crippen LogP contribution >= 0.6 is 0 Å². The lowest BCUT2D eigenvalue weighted by Gasteiger charge is -2.25. The predicted molar refractivity (Wildman–Crippen MR) is 108 cm³/mol. The number of aromatic amines is 1. The summed E-state index contributed by atoms with van der Waals surface area (Å²) in [6, 6.07) is 1.94. The van der Waals surface area contributed by atoms with Gasteiger partial charge in [0.05, 0.1) is 24.5 Å². The number of pyridine rings is 1. The maximum atomic E-state index is 12.4. The monoisotopic (exact) mass is 379 g/mol. The smallest absolute Gasteiger partial charge is 0.239 e. The SMILES string of the molecule is CN(CC(=O)NC(C)(C)C)c1nc(-c2cc3cn[nH]c3cn2)nc2c1CCC2. The number of nitrogens with zero attached hydrogens (tertiary/aromatic N) is 5. The molecule has 8 heteroatoms. The lowest BCUT2D eigenvalue weighted by Crippen LogP contribution is -2.45. The fourth-order valence-electron chi connectivity index (χ4n) is 3.56. The van der Waals surface area contributed by atoms with Crippen LogP contribution in [-0.2, 0) is 17.6 Å². The van der Waals surface area contributed by atoms with E-state index in [-0.39, 0.29) is 18.0 Å². The van der Waals surface area contributed by atoms with E-state index in [1.54, 1.807) is 12.4 Å². The molecule has 0 saturated carbocycles. The summed E-state index contributed by atoms with van der Waals surface area (Å²) >= 11 is 0. The summed E-state index contributed by atoms with van der Waals surface area (Å²) in [6.07, 6.45) is 6.42. The quantitative estimate of drug-likeness (QED) is 0.721. The maximum Gasteiger partial charge on any atom is 0.239 e. The Morgan fingerprint density at radius 2 is 2.07 bits per heavy atom. The van der Waals surface area contributed by atoms with Gasteiger partial charge in [0.1, 0.15) is 11.5 Å². The second kappa shape index (κ2) is 6.85. The molecule has 3 aromatic heterocycles. The molecule has 8 nitrogen and oxygen atoms in total. The lowest BCUT2D eigenvalue weighted by atomic mass is 10.1. The van der Waals surface area contributed by atoms with Gasteiger partial charge in [-0.2, -0.15) is 5.10 Å². The highest BCUT2D eigenvalue weighted by Crippen LogP contribution is 2.31. The molecule has 0 bridgehead atoms. The molecule has 3 aromatic rings. The highest BCUT2D eigenvalue weighted by atomic mass is 16.2.